The van der Waals surface area contributed by atoms with Gasteiger partial charge in [-0.2, -0.15) is 0 Å². The number of esters is 1. The van der Waals surface area contributed by atoms with E-state index >= 15 is 0 Å². The van der Waals surface area contributed by atoms with Crippen molar-refractivity contribution in [3.05, 3.63) is 11.6 Å². The van der Waals surface area contributed by atoms with Crippen LogP contribution in [0.5, 0.6) is 0 Å². The highest BCUT2D eigenvalue weighted by molar-refractivity contribution is 5.69. The molecule has 0 N–H and O–H groups in total. The fourth-order valence-electron chi connectivity index (χ4n) is 2.16. The van der Waals surface area contributed by atoms with Gasteiger partial charge < -0.3 is 4.74 Å². The molecule has 0 bridgehead atoms. The molecule has 0 atom stereocenters. The van der Waals surface area contributed by atoms with Crippen molar-refractivity contribution < 1.29 is 9.53 Å². The quantitative estimate of drug-likeness (QED) is 0.268. The molecule has 0 spiro atoms. The summed E-state index contributed by atoms with van der Waals surface area (Å²) in [5.74, 6) is -0.0990. The maximum absolute atomic E-state index is 10.9. The van der Waals surface area contributed by atoms with Crippen molar-refractivity contribution in [3.63, 3.8) is 0 Å². The Kier molecular flexibility index (Phi) is 13.1. The summed E-state index contributed by atoms with van der Waals surface area (Å²) in [7, 11) is 1.45. The molecule has 0 radical (unpaired) electrons. The standard InChI is InChI=1S/C17H32O2/c1-4-5-6-7-8-9-10-13-16(2)14-11-12-15-17(18)19-3/h14H,4-13,15H2,1-3H3. The molecule has 2 heteroatoms. The van der Waals surface area contributed by atoms with Gasteiger partial charge in [-0.25, -0.2) is 0 Å². The first kappa shape index (κ1) is 18.2. The number of hydrogen-bond donors (Lipinski definition) is 0. The molecule has 0 aliphatic heterocycles. The molecule has 0 saturated carbocycles. The molecule has 0 rings (SSSR count). The highest BCUT2D eigenvalue weighted by Crippen LogP contribution is 2.13. The zero-order chi connectivity index (χ0) is 14.3. The third kappa shape index (κ3) is 13.4. The molecule has 0 aliphatic carbocycles. The molecule has 19 heavy (non-hydrogen) atoms. The molecule has 112 valence electrons. The van der Waals surface area contributed by atoms with Crippen LogP contribution in [0.3, 0.4) is 0 Å². The molecule has 2 nitrogen and oxygen atoms in total. The Morgan fingerprint density at radius 3 is 2.21 bits per heavy atom. The Labute approximate surface area is 119 Å². The van der Waals surface area contributed by atoms with E-state index in [1.807, 2.05) is 0 Å². The van der Waals surface area contributed by atoms with E-state index in [4.69, 9.17) is 0 Å². The fraction of sp³-hybridized carbons (Fsp3) is 0.824. The van der Waals surface area contributed by atoms with Gasteiger partial charge in [-0.1, -0.05) is 57.1 Å². The molecule has 0 heterocycles. The van der Waals surface area contributed by atoms with Gasteiger partial charge in [0.2, 0.25) is 0 Å². The van der Waals surface area contributed by atoms with Gasteiger partial charge in [0.25, 0.3) is 0 Å². The van der Waals surface area contributed by atoms with Crippen molar-refractivity contribution in [1.29, 1.82) is 0 Å². The van der Waals surface area contributed by atoms with Crippen molar-refractivity contribution in [2.75, 3.05) is 7.11 Å². The molecule has 0 saturated heterocycles. The minimum absolute atomic E-state index is 0.0990. The van der Waals surface area contributed by atoms with Crippen LogP contribution in [0.15, 0.2) is 11.6 Å². The van der Waals surface area contributed by atoms with Crippen molar-refractivity contribution in [3.8, 4) is 0 Å². The first-order valence-electron chi connectivity index (χ1n) is 7.93. The number of unbranched alkanes of at least 4 members (excludes halogenated alkanes) is 7. The Hall–Kier alpha value is -0.790. The van der Waals surface area contributed by atoms with E-state index in [-0.39, 0.29) is 5.97 Å². The first-order chi connectivity index (χ1) is 9.20. The predicted octanol–water partition coefficient (Wildman–Crippen LogP) is 5.42. The molecular formula is C17H32O2. The van der Waals surface area contributed by atoms with Crippen LogP contribution in [0.1, 0.15) is 84.5 Å². The van der Waals surface area contributed by atoms with Gasteiger partial charge in [-0.15, -0.1) is 0 Å². The van der Waals surface area contributed by atoms with Crippen LogP contribution in [0, 0.1) is 0 Å². The summed E-state index contributed by atoms with van der Waals surface area (Å²) in [5, 5.41) is 0. The van der Waals surface area contributed by atoms with Gasteiger partial charge >= 0.3 is 5.97 Å². The third-order valence-corrected chi connectivity index (χ3v) is 3.48. The van der Waals surface area contributed by atoms with E-state index in [0.717, 1.165) is 12.8 Å². The largest absolute Gasteiger partial charge is 0.469 e. The van der Waals surface area contributed by atoms with Crippen LogP contribution < -0.4 is 0 Å². The van der Waals surface area contributed by atoms with Crippen LogP contribution in [-0.2, 0) is 9.53 Å². The number of ether oxygens (including phenoxy) is 1. The summed E-state index contributed by atoms with van der Waals surface area (Å²) >= 11 is 0. The van der Waals surface area contributed by atoms with Crippen LogP contribution in [0.25, 0.3) is 0 Å². The van der Waals surface area contributed by atoms with E-state index in [9.17, 15) is 4.79 Å². The monoisotopic (exact) mass is 268 g/mol. The second kappa shape index (κ2) is 13.6. The number of carbonyl (C=O) groups is 1. The Bertz CT molecular complexity index is 244. The predicted molar refractivity (Wildman–Crippen MR) is 82.2 cm³/mol. The zero-order valence-electron chi connectivity index (χ0n) is 13.2. The van der Waals surface area contributed by atoms with Gasteiger partial charge in [0.1, 0.15) is 0 Å². The SMILES string of the molecule is CCCCCCCCCC(C)=CCCCC(=O)OC. The zero-order valence-corrected chi connectivity index (χ0v) is 13.2. The second-order valence-electron chi connectivity index (χ2n) is 5.39. The maximum atomic E-state index is 10.9. The molecule has 0 fully saturated rings. The number of hydrogen-bond acceptors (Lipinski definition) is 2. The van der Waals surface area contributed by atoms with E-state index in [0.29, 0.717) is 6.42 Å². The Balaban J connectivity index is 3.37. The lowest BCUT2D eigenvalue weighted by atomic mass is 10.0. The minimum Gasteiger partial charge on any atom is -0.469 e. The van der Waals surface area contributed by atoms with Crippen molar-refractivity contribution >= 4 is 5.97 Å². The average Bonchev–Trinajstić information content (AvgIpc) is 2.42. The summed E-state index contributed by atoms with van der Waals surface area (Å²) in [6.45, 7) is 4.46. The summed E-state index contributed by atoms with van der Waals surface area (Å²) in [4.78, 5) is 10.9. The number of carbonyl (C=O) groups excluding carboxylic acids is 1. The smallest absolute Gasteiger partial charge is 0.305 e. The summed E-state index contributed by atoms with van der Waals surface area (Å²) in [6, 6.07) is 0. The van der Waals surface area contributed by atoms with Crippen molar-refractivity contribution in [2.24, 2.45) is 0 Å². The lowest BCUT2D eigenvalue weighted by molar-refractivity contribution is -0.140. The number of methoxy groups -OCH3 is 1. The van der Waals surface area contributed by atoms with Gasteiger partial charge in [0, 0.05) is 6.42 Å². The molecule has 0 aromatic rings. The highest BCUT2D eigenvalue weighted by Gasteiger charge is 1.98. The lowest BCUT2D eigenvalue weighted by Gasteiger charge is -2.03. The third-order valence-electron chi connectivity index (χ3n) is 3.48. The molecular weight excluding hydrogens is 236 g/mol. The van der Waals surface area contributed by atoms with Gasteiger partial charge in [-0.3, -0.25) is 4.79 Å². The van der Waals surface area contributed by atoms with E-state index in [1.165, 1.54) is 64.0 Å². The number of rotatable bonds is 12. The summed E-state index contributed by atoms with van der Waals surface area (Å²) in [6.07, 6.45) is 15.5. The highest BCUT2D eigenvalue weighted by atomic mass is 16.5. The normalized spacial score (nSPS) is 11.6. The summed E-state index contributed by atoms with van der Waals surface area (Å²) < 4.78 is 4.62. The van der Waals surface area contributed by atoms with Crippen molar-refractivity contribution in [2.45, 2.75) is 84.5 Å². The fourth-order valence-corrected chi connectivity index (χ4v) is 2.16. The maximum Gasteiger partial charge on any atom is 0.305 e. The van der Waals surface area contributed by atoms with Gasteiger partial charge in [-0.05, 0) is 32.6 Å². The molecule has 0 aromatic heterocycles. The number of allylic oxidation sites excluding steroid dienone is 2. The van der Waals surface area contributed by atoms with E-state index in [2.05, 4.69) is 24.7 Å². The molecule has 0 unspecified atom stereocenters. The van der Waals surface area contributed by atoms with Crippen LogP contribution in [0.4, 0.5) is 0 Å². The van der Waals surface area contributed by atoms with Gasteiger partial charge in [0.05, 0.1) is 7.11 Å². The molecule has 0 aliphatic rings. The minimum atomic E-state index is -0.0990. The van der Waals surface area contributed by atoms with Crippen LogP contribution in [-0.4, -0.2) is 13.1 Å². The molecule has 0 aromatic carbocycles. The molecule has 0 amide bonds. The first-order valence-corrected chi connectivity index (χ1v) is 7.93. The lowest BCUT2D eigenvalue weighted by Crippen LogP contribution is -1.98. The van der Waals surface area contributed by atoms with E-state index in [1.54, 1.807) is 0 Å². The second-order valence-corrected chi connectivity index (χ2v) is 5.39. The average molecular weight is 268 g/mol. The summed E-state index contributed by atoms with van der Waals surface area (Å²) in [5.41, 5.74) is 1.47. The van der Waals surface area contributed by atoms with Crippen molar-refractivity contribution in [1.82, 2.24) is 0 Å². The Morgan fingerprint density at radius 1 is 0.947 bits per heavy atom. The van der Waals surface area contributed by atoms with Crippen LogP contribution in [0.2, 0.25) is 0 Å². The Morgan fingerprint density at radius 2 is 1.58 bits per heavy atom. The van der Waals surface area contributed by atoms with Gasteiger partial charge in [0.15, 0.2) is 0 Å². The topological polar surface area (TPSA) is 26.3 Å². The van der Waals surface area contributed by atoms with Crippen LogP contribution >= 0.6 is 0 Å². The van der Waals surface area contributed by atoms with E-state index < -0.39 is 0 Å².